The van der Waals surface area contributed by atoms with Crippen LogP contribution in [0.3, 0.4) is 0 Å². The molecule has 0 aliphatic carbocycles. The standard InChI is InChI=1S/C23H24N2O5/c1-12-13(2)15(4)19(16(5)14(12)3)11-18-7-9-22(30-18)23(27)24-20-8-6-17(26)10-21(20)25(28)29/h6-10,26H,11H2,1-5H3,(H,24,27). The lowest BCUT2D eigenvalue weighted by molar-refractivity contribution is -0.384. The first-order valence-corrected chi connectivity index (χ1v) is 9.53. The zero-order valence-electron chi connectivity index (χ0n) is 17.6. The Balaban J connectivity index is 1.85. The van der Waals surface area contributed by atoms with Crippen LogP contribution in [0.15, 0.2) is 34.7 Å². The molecule has 0 fully saturated rings. The summed E-state index contributed by atoms with van der Waals surface area (Å²) >= 11 is 0. The highest BCUT2D eigenvalue weighted by Gasteiger charge is 2.20. The lowest BCUT2D eigenvalue weighted by Crippen LogP contribution is -2.12. The van der Waals surface area contributed by atoms with Crippen LogP contribution in [-0.4, -0.2) is 15.9 Å². The van der Waals surface area contributed by atoms with E-state index in [1.54, 1.807) is 12.1 Å². The number of rotatable bonds is 5. The Morgan fingerprint density at radius 1 is 1.00 bits per heavy atom. The topological polar surface area (TPSA) is 106 Å². The summed E-state index contributed by atoms with van der Waals surface area (Å²) in [6.07, 6.45) is 0.548. The van der Waals surface area contributed by atoms with Gasteiger partial charge in [0.15, 0.2) is 5.76 Å². The Bertz CT molecular complexity index is 1130. The fourth-order valence-electron chi connectivity index (χ4n) is 3.57. The second-order valence-electron chi connectivity index (χ2n) is 7.46. The van der Waals surface area contributed by atoms with Gasteiger partial charge in [0.2, 0.25) is 0 Å². The number of furan rings is 1. The average Bonchev–Trinajstić information content (AvgIpc) is 3.18. The third-order valence-corrected chi connectivity index (χ3v) is 5.82. The highest BCUT2D eigenvalue weighted by Crippen LogP contribution is 2.30. The molecule has 1 aromatic heterocycles. The Hall–Kier alpha value is -3.61. The Morgan fingerprint density at radius 3 is 2.20 bits per heavy atom. The Morgan fingerprint density at radius 2 is 1.60 bits per heavy atom. The molecule has 3 aromatic rings. The van der Waals surface area contributed by atoms with Crippen molar-refractivity contribution in [3.63, 3.8) is 0 Å². The predicted molar refractivity (Wildman–Crippen MR) is 114 cm³/mol. The van der Waals surface area contributed by atoms with E-state index in [1.165, 1.54) is 45.5 Å². The summed E-state index contributed by atoms with van der Waals surface area (Å²) in [5, 5.41) is 23.1. The molecular formula is C23H24N2O5. The predicted octanol–water partition coefficient (Wildman–Crippen LogP) is 5.28. The van der Waals surface area contributed by atoms with E-state index in [1.807, 2.05) is 0 Å². The zero-order valence-corrected chi connectivity index (χ0v) is 17.6. The van der Waals surface area contributed by atoms with Crippen molar-refractivity contribution in [2.24, 2.45) is 0 Å². The van der Waals surface area contributed by atoms with E-state index in [9.17, 15) is 20.0 Å². The zero-order chi connectivity index (χ0) is 22.2. The molecule has 156 valence electrons. The molecule has 0 radical (unpaired) electrons. The molecule has 2 N–H and O–H groups in total. The summed E-state index contributed by atoms with van der Waals surface area (Å²) < 4.78 is 5.73. The second kappa shape index (κ2) is 8.02. The molecule has 0 aliphatic heterocycles. The molecule has 0 atom stereocenters. The maximum absolute atomic E-state index is 12.5. The molecule has 7 nitrogen and oxygen atoms in total. The second-order valence-corrected chi connectivity index (χ2v) is 7.46. The smallest absolute Gasteiger partial charge is 0.296 e. The minimum Gasteiger partial charge on any atom is -0.508 e. The number of hydrogen-bond acceptors (Lipinski definition) is 5. The molecule has 0 saturated heterocycles. The molecule has 1 amide bonds. The summed E-state index contributed by atoms with van der Waals surface area (Å²) in [6, 6.07) is 6.82. The van der Waals surface area contributed by atoms with Gasteiger partial charge in [0.1, 0.15) is 17.2 Å². The lowest BCUT2D eigenvalue weighted by atomic mass is 9.88. The number of carbonyl (C=O) groups excluding carboxylic acids is 1. The normalized spacial score (nSPS) is 10.8. The van der Waals surface area contributed by atoms with Crippen LogP contribution in [0, 0.1) is 44.7 Å². The van der Waals surface area contributed by atoms with Crippen molar-refractivity contribution < 1.29 is 19.2 Å². The summed E-state index contributed by atoms with van der Waals surface area (Å²) in [4.78, 5) is 23.0. The van der Waals surface area contributed by atoms with Crippen LogP contribution in [0.5, 0.6) is 5.75 Å². The fraction of sp³-hybridized carbons (Fsp3) is 0.261. The van der Waals surface area contributed by atoms with Gasteiger partial charge < -0.3 is 14.8 Å². The van der Waals surface area contributed by atoms with Gasteiger partial charge in [0.05, 0.1) is 11.0 Å². The molecule has 1 heterocycles. The van der Waals surface area contributed by atoms with E-state index >= 15 is 0 Å². The Labute approximate surface area is 174 Å². The van der Waals surface area contributed by atoms with E-state index in [-0.39, 0.29) is 17.2 Å². The first-order chi connectivity index (χ1) is 14.1. The lowest BCUT2D eigenvalue weighted by Gasteiger charge is -2.18. The van der Waals surface area contributed by atoms with Gasteiger partial charge in [0, 0.05) is 6.42 Å². The van der Waals surface area contributed by atoms with Crippen LogP contribution in [-0.2, 0) is 6.42 Å². The van der Waals surface area contributed by atoms with Gasteiger partial charge >= 0.3 is 0 Å². The van der Waals surface area contributed by atoms with Crippen molar-refractivity contribution in [3.05, 3.63) is 85.3 Å². The van der Waals surface area contributed by atoms with Crippen LogP contribution < -0.4 is 5.32 Å². The number of amides is 1. The molecule has 0 aliphatic rings. The molecule has 2 aromatic carbocycles. The van der Waals surface area contributed by atoms with E-state index in [0.717, 1.165) is 6.07 Å². The molecule has 30 heavy (non-hydrogen) atoms. The first-order valence-electron chi connectivity index (χ1n) is 9.53. The number of nitrogens with one attached hydrogen (secondary N) is 1. The average molecular weight is 408 g/mol. The van der Waals surface area contributed by atoms with Crippen molar-refractivity contribution in [3.8, 4) is 5.75 Å². The van der Waals surface area contributed by atoms with Gasteiger partial charge in [-0.15, -0.1) is 0 Å². The summed E-state index contributed by atoms with van der Waals surface area (Å²) in [5.74, 6) is -0.161. The van der Waals surface area contributed by atoms with E-state index < -0.39 is 16.5 Å². The molecular weight excluding hydrogens is 384 g/mol. The number of phenols is 1. The third-order valence-electron chi connectivity index (χ3n) is 5.82. The molecule has 0 unspecified atom stereocenters. The molecule has 3 rings (SSSR count). The monoisotopic (exact) mass is 408 g/mol. The number of carbonyl (C=O) groups is 1. The van der Waals surface area contributed by atoms with Crippen LogP contribution >= 0.6 is 0 Å². The number of aromatic hydroxyl groups is 1. The van der Waals surface area contributed by atoms with E-state index in [4.69, 9.17) is 4.42 Å². The van der Waals surface area contributed by atoms with Crippen molar-refractivity contribution in [2.75, 3.05) is 5.32 Å². The highest BCUT2D eigenvalue weighted by atomic mass is 16.6. The molecule has 0 spiro atoms. The van der Waals surface area contributed by atoms with Crippen molar-refractivity contribution in [1.29, 1.82) is 0 Å². The number of nitro benzene ring substituents is 1. The summed E-state index contributed by atoms with van der Waals surface area (Å²) in [5.41, 5.74) is 6.95. The largest absolute Gasteiger partial charge is 0.508 e. The van der Waals surface area contributed by atoms with Gasteiger partial charge in [-0.05, 0) is 92.3 Å². The maximum Gasteiger partial charge on any atom is 0.296 e. The highest BCUT2D eigenvalue weighted by molar-refractivity contribution is 6.03. The van der Waals surface area contributed by atoms with Gasteiger partial charge in [-0.2, -0.15) is 0 Å². The quantitative estimate of drug-likeness (QED) is 0.339. The first kappa shape index (κ1) is 21.1. The number of hydrogen-bond donors (Lipinski definition) is 2. The van der Waals surface area contributed by atoms with Crippen molar-refractivity contribution >= 4 is 17.3 Å². The number of phenolic OH excluding ortho intramolecular Hbond substituents is 1. The number of nitrogens with zero attached hydrogens (tertiary/aromatic N) is 1. The number of benzene rings is 2. The fourth-order valence-corrected chi connectivity index (χ4v) is 3.57. The molecule has 0 bridgehead atoms. The SMILES string of the molecule is Cc1c(C)c(C)c(Cc2ccc(C(=O)Nc3ccc(O)cc3[N+](=O)[O-])o2)c(C)c1C. The minimum absolute atomic E-state index is 0.0165. The Kier molecular flexibility index (Phi) is 5.64. The third kappa shape index (κ3) is 3.91. The summed E-state index contributed by atoms with van der Waals surface area (Å²) in [7, 11) is 0. The van der Waals surface area contributed by atoms with E-state index in [0.29, 0.717) is 12.2 Å². The summed E-state index contributed by atoms with van der Waals surface area (Å²) in [6.45, 7) is 10.5. The maximum atomic E-state index is 12.5. The van der Waals surface area contributed by atoms with Gasteiger partial charge in [-0.3, -0.25) is 14.9 Å². The van der Waals surface area contributed by atoms with Gasteiger partial charge in [0.25, 0.3) is 11.6 Å². The van der Waals surface area contributed by atoms with E-state index in [2.05, 4.69) is 39.9 Å². The number of nitro groups is 1. The molecule has 7 heteroatoms. The van der Waals surface area contributed by atoms with Crippen LogP contribution in [0.4, 0.5) is 11.4 Å². The van der Waals surface area contributed by atoms with Crippen molar-refractivity contribution in [2.45, 2.75) is 41.0 Å². The van der Waals surface area contributed by atoms with Crippen LogP contribution in [0.2, 0.25) is 0 Å². The van der Waals surface area contributed by atoms with Crippen molar-refractivity contribution in [1.82, 2.24) is 0 Å². The van der Waals surface area contributed by atoms with Gasteiger partial charge in [-0.25, -0.2) is 0 Å². The molecule has 0 saturated carbocycles. The van der Waals surface area contributed by atoms with Crippen LogP contribution in [0.25, 0.3) is 0 Å². The van der Waals surface area contributed by atoms with Crippen LogP contribution in [0.1, 0.15) is 49.7 Å². The van der Waals surface area contributed by atoms with Gasteiger partial charge in [-0.1, -0.05) is 0 Å². The minimum atomic E-state index is -0.670. The number of anilines is 1.